The van der Waals surface area contributed by atoms with Gasteiger partial charge in [0.05, 0.1) is 6.61 Å². The quantitative estimate of drug-likeness (QED) is 0.375. The standard InChI is InChI=1S/C29H35N5O2/c1-4-36-28(35)34-18-13-25(14-19-34)29(2,3)24-7-9-26(10-8-24)32-21-23-6-5-15-31-27(23)33-20-22-11-16-30-17-12-22/h5-13,15-17,32H,4,14,18-21H2,1-3H3,(H,31,33). The summed E-state index contributed by atoms with van der Waals surface area (Å²) in [6.07, 6.45) is 8.20. The number of rotatable bonds is 9. The lowest BCUT2D eigenvalue weighted by Gasteiger charge is -2.34. The molecule has 0 atom stereocenters. The van der Waals surface area contributed by atoms with Gasteiger partial charge in [0.25, 0.3) is 0 Å². The number of nitrogens with one attached hydrogen (secondary N) is 2. The van der Waals surface area contributed by atoms with Crippen LogP contribution in [0.5, 0.6) is 0 Å². The Balaban J connectivity index is 1.36. The third-order valence-corrected chi connectivity index (χ3v) is 6.73. The molecular weight excluding hydrogens is 450 g/mol. The van der Waals surface area contributed by atoms with Crippen LogP contribution in [-0.4, -0.2) is 40.7 Å². The fourth-order valence-corrected chi connectivity index (χ4v) is 4.43. The molecule has 7 heteroatoms. The molecule has 1 amide bonds. The van der Waals surface area contributed by atoms with Gasteiger partial charge in [-0.15, -0.1) is 0 Å². The maximum atomic E-state index is 12.0. The van der Waals surface area contributed by atoms with Gasteiger partial charge in [0.2, 0.25) is 0 Å². The summed E-state index contributed by atoms with van der Waals surface area (Å²) in [5, 5.41) is 6.96. The highest BCUT2D eigenvalue weighted by Crippen LogP contribution is 2.35. The number of hydrogen-bond acceptors (Lipinski definition) is 6. The van der Waals surface area contributed by atoms with Crippen molar-refractivity contribution >= 4 is 17.6 Å². The summed E-state index contributed by atoms with van der Waals surface area (Å²) in [4.78, 5) is 22.4. The first-order valence-electron chi connectivity index (χ1n) is 12.5. The average Bonchev–Trinajstić information content (AvgIpc) is 2.92. The lowest BCUT2D eigenvalue weighted by Crippen LogP contribution is -2.37. The van der Waals surface area contributed by atoms with Crippen LogP contribution in [0, 0.1) is 0 Å². The Morgan fingerprint density at radius 3 is 2.50 bits per heavy atom. The zero-order chi connectivity index (χ0) is 25.4. The van der Waals surface area contributed by atoms with Crippen molar-refractivity contribution < 1.29 is 9.53 Å². The minimum Gasteiger partial charge on any atom is -0.450 e. The summed E-state index contributed by atoms with van der Waals surface area (Å²) >= 11 is 0. The maximum absolute atomic E-state index is 12.0. The first kappa shape index (κ1) is 25.2. The molecule has 188 valence electrons. The number of anilines is 2. The van der Waals surface area contributed by atoms with Crippen LogP contribution >= 0.6 is 0 Å². The number of carbonyl (C=O) groups excluding carboxylic acids is 1. The number of amides is 1. The van der Waals surface area contributed by atoms with E-state index in [4.69, 9.17) is 4.74 Å². The molecule has 0 fully saturated rings. The SMILES string of the molecule is CCOC(=O)N1CC=C(C(C)(C)c2ccc(NCc3cccnc3NCc3ccncc3)cc2)CC1. The number of aromatic nitrogens is 2. The molecule has 4 rings (SSSR count). The van der Waals surface area contributed by atoms with Crippen LogP contribution in [0.2, 0.25) is 0 Å². The normalized spacial score (nSPS) is 13.6. The van der Waals surface area contributed by atoms with E-state index in [1.807, 2.05) is 25.1 Å². The van der Waals surface area contributed by atoms with Gasteiger partial charge in [-0.25, -0.2) is 9.78 Å². The molecule has 0 bridgehead atoms. The summed E-state index contributed by atoms with van der Waals surface area (Å²) in [6, 6.07) is 16.7. The van der Waals surface area contributed by atoms with Gasteiger partial charge < -0.3 is 20.3 Å². The van der Waals surface area contributed by atoms with E-state index in [2.05, 4.69) is 70.9 Å². The minimum atomic E-state index is -0.231. The van der Waals surface area contributed by atoms with Gasteiger partial charge in [0, 0.05) is 61.4 Å². The van der Waals surface area contributed by atoms with Crippen molar-refractivity contribution in [2.24, 2.45) is 0 Å². The predicted octanol–water partition coefficient (Wildman–Crippen LogP) is 5.77. The van der Waals surface area contributed by atoms with E-state index >= 15 is 0 Å². The molecule has 36 heavy (non-hydrogen) atoms. The number of nitrogens with zero attached hydrogens (tertiary/aromatic N) is 3. The molecule has 1 aliphatic rings. The molecule has 3 heterocycles. The van der Waals surface area contributed by atoms with Crippen molar-refractivity contribution in [2.75, 3.05) is 30.3 Å². The molecule has 0 unspecified atom stereocenters. The second-order valence-electron chi connectivity index (χ2n) is 9.40. The first-order valence-corrected chi connectivity index (χ1v) is 12.5. The molecule has 2 aromatic heterocycles. The molecular formula is C29H35N5O2. The summed E-state index contributed by atoms with van der Waals surface area (Å²) in [6.45, 7) is 9.39. The molecule has 1 aromatic carbocycles. The van der Waals surface area contributed by atoms with E-state index in [1.165, 1.54) is 11.1 Å². The Hall–Kier alpha value is -3.87. The van der Waals surface area contributed by atoms with Crippen molar-refractivity contribution in [3.05, 3.63) is 95.5 Å². The van der Waals surface area contributed by atoms with E-state index < -0.39 is 0 Å². The predicted molar refractivity (Wildman–Crippen MR) is 144 cm³/mol. The number of pyridine rings is 2. The lowest BCUT2D eigenvalue weighted by molar-refractivity contribution is 0.109. The topological polar surface area (TPSA) is 79.4 Å². The second-order valence-corrected chi connectivity index (χ2v) is 9.40. The fraction of sp³-hybridized carbons (Fsp3) is 0.345. The summed E-state index contributed by atoms with van der Waals surface area (Å²) in [5.74, 6) is 0.876. The Kier molecular flexibility index (Phi) is 8.21. The number of benzene rings is 1. The third-order valence-electron chi connectivity index (χ3n) is 6.73. The van der Waals surface area contributed by atoms with Crippen molar-refractivity contribution in [1.29, 1.82) is 0 Å². The zero-order valence-electron chi connectivity index (χ0n) is 21.3. The van der Waals surface area contributed by atoms with Crippen molar-refractivity contribution in [3.63, 3.8) is 0 Å². The number of hydrogen-bond donors (Lipinski definition) is 2. The van der Waals surface area contributed by atoms with Gasteiger partial charge >= 0.3 is 6.09 Å². The lowest BCUT2D eigenvalue weighted by atomic mass is 9.75. The highest BCUT2D eigenvalue weighted by molar-refractivity contribution is 5.68. The highest BCUT2D eigenvalue weighted by atomic mass is 16.6. The first-order chi connectivity index (χ1) is 17.5. The van der Waals surface area contributed by atoms with Crippen molar-refractivity contribution in [3.8, 4) is 0 Å². The van der Waals surface area contributed by atoms with Crippen LogP contribution in [0.1, 0.15) is 43.9 Å². The molecule has 0 aliphatic carbocycles. The fourth-order valence-electron chi connectivity index (χ4n) is 4.43. The molecule has 0 saturated heterocycles. The molecule has 7 nitrogen and oxygen atoms in total. The highest BCUT2D eigenvalue weighted by Gasteiger charge is 2.29. The van der Waals surface area contributed by atoms with E-state index in [0.29, 0.717) is 32.8 Å². The molecule has 0 saturated carbocycles. The van der Waals surface area contributed by atoms with Gasteiger partial charge in [-0.1, -0.05) is 43.7 Å². The Morgan fingerprint density at radius 2 is 1.81 bits per heavy atom. The van der Waals surface area contributed by atoms with Gasteiger partial charge in [-0.05, 0) is 54.8 Å². The van der Waals surface area contributed by atoms with E-state index in [0.717, 1.165) is 29.1 Å². The van der Waals surface area contributed by atoms with Crippen LogP contribution in [0.4, 0.5) is 16.3 Å². The zero-order valence-corrected chi connectivity index (χ0v) is 21.3. The third kappa shape index (κ3) is 6.22. The Morgan fingerprint density at radius 1 is 1.03 bits per heavy atom. The summed E-state index contributed by atoms with van der Waals surface area (Å²) < 4.78 is 5.14. The van der Waals surface area contributed by atoms with Gasteiger partial charge in [0.15, 0.2) is 0 Å². The van der Waals surface area contributed by atoms with E-state index in [-0.39, 0.29) is 11.5 Å². The molecule has 2 N–H and O–H groups in total. The summed E-state index contributed by atoms with van der Waals surface area (Å²) in [7, 11) is 0. The molecule has 0 spiro atoms. The molecule has 0 radical (unpaired) electrons. The van der Waals surface area contributed by atoms with Gasteiger partial charge in [0.1, 0.15) is 5.82 Å². The summed E-state index contributed by atoms with van der Waals surface area (Å²) in [5.41, 5.74) is 5.83. The van der Waals surface area contributed by atoms with Crippen LogP contribution < -0.4 is 10.6 Å². The smallest absolute Gasteiger partial charge is 0.410 e. The maximum Gasteiger partial charge on any atom is 0.410 e. The Bertz CT molecular complexity index is 1180. The van der Waals surface area contributed by atoms with Crippen LogP contribution in [0.15, 0.2) is 78.8 Å². The average molecular weight is 486 g/mol. The Labute approximate surface area is 213 Å². The number of carbonyl (C=O) groups is 1. The monoisotopic (exact) mass is 485 g/mol. The second kappa shape index (κ2) is 11.7. The van der Waals surface area contributed by atoms with Crippen LogP contribution in [0.3, 0.4) is 0 Å². The minimum absolute atomic E-state index is 0.104. The molecule has 3 aromatic rings. The van der Waals surface area contributed by atoms with E-state index in [1.54, 1.807) is 23.5 Å². The number of ether oxygens (including phenoxy) is 1. The van der Waals surface area contributed by atoms with Gasteiger partial charge in [-0.2, -0.15) is 0 Å². The largest absolute Gasteiger partial charge is 0.450 e. The van der Waals surface area contributed by atoms with Crippen LogP contribution in [0.25, 0.3) is 0 Å². The van der Waals surface area contributed by atoms with Crippen LogP contribution in [-0.2, 0) is 23.2 Å². The van der Waals surface area contributed by atoms with Crippen molar-refractivity contribution in [1.82, 2.24) is 14.9 Å². The van der Waals surface area contributed by atoms with Gasteiger partial charge in [-0.3, -0.25) is 4.98 Å². The van der Waals surface area contributed by atoms with Crippen molar-refractivity contribution in [2.45, 2.75) is 45.7 Å². The van der Waals surface area contributed by atoms with E-state index in [9.17, 15) is 4.79 Å². The molecule has 1 aliphatic heterocycles.